The summed E-state index contributed by atoms with van der Waals surface area (Å²) in [5.74, 6) is 0. The van der Waals surface area contributed by atoms with Gasteiger partial charge < -0.3 is 15.6 Å². The SMILES string of the molecule is C=Cc1cc2c(-c3ccc(NC=CC=O)cc3)ccc(NC=O)c2[nH]1. The van der Waals surface area contributed by atoms with Crippen LogP contribution in [0.25, 0.3) is 28.1 Å². The summed E-state index contributed by atoms with van der Waals surface area (Å²) in [5.41, 5.74) is 5.44. The smallest absolute Gasteiger partial charge is 0.211 e. The Morgan fingerprint density at radius 2 is 1.80 bits per heavy atom. The summed E-state index contributed by atoms with van der Waals surface area (Å²) >= 11 is 0. The van der Waals surface area contributed by atoms with Gasteiger partial charge in [-0.05, 0) is 47.5 Å². The van der Waals surface area contributed by atoms with Gasteiger partial charge in [-0.2, -0.15) is 0 Å². The monoisotopic (exact) mass is 331 g/mol. The molecule has 0 radical (unpaired) electrons. The number of aromatic nitrogens is 1. The third-order valence-electron chi connectivity index (χ3n) is 3.87. The Morgan fingerprint density at radius 1 is 1.00 bits per heavy atom. The Labute approximate surface area is 145 Å². The van der Waals surface area contributed by atoms with Crippen molar-refractivity contribution in [2.45, 2.75) is 0 Å². The molecule has 0 spiro atoms. The highest BCUT2D eigenvalue weighted by Crippen LogP contribution is 2.34. The van der Waals surface area contributed by atoms with Gasteiger partial charge in [0.05, 0.1) is 11.2 Å². The van der Waals surface area contributed by atoms with Crippen molar-refractivity contribution in [3.05, 3.63) is 67.0 Å². The van der Waals surface area contributed by atoms with Crippen LogP contribution < -0.4 is 10.6 Å². The predicted molar refractivity (Wildman–Crippen MR) is 102 cm³/mol. The third kappa shape index (κ3) is 3.35. The number of fused-ring (bicyclic) bond motifs is 1. The van der Waals surface area contributed by atoms with Gasteiger partial charge in [-0.15, -0.1) is 0 Å². The largest absolute Gasteiger partial charge is 0.362 e. The number of rotatable bonds is 7. The van der Waals surface area contributed by atoms with E-state index in [9.17, 15) is 9.59 Å². The maximum atomic E-state index is 10.8. The molecule has 3 N–H and O–H groups in total. The quantitative estimate of drug-likeness (QED) is 0.449. The van der Waals surface area contributed by atoms with Gasteiger partial charge in [-0.1, -0.05) is 24.8 Å². The van der Waals surface area contributed by atoms with E-state index in [2.05, 4.69) is 22.2 Å². The molecule has 0 aliphatic rings. The summed E-state index contributed by atoms with van der Waals surface area (Å²) in [6, 6.07) is 13.7. The molecule has 0 aliphatic heterocycles. The minimum atomic E-state index is 0.663. The second-order valence-corrected chi connectivity index (χ2v) is 5.36. The minimum absolute atomic E-state index is 0.663. The van der Waals surface area contributed by atoms with Gasteiger partial charge in [0.25, 0.3) is 0 Å². The number of anilines is 2. The van der Waals surface area contributed by atoms with Crippen molar-refractivity contribution in [2.75, 3.05) is 10.6 Å². The van der Waals surface area contributed by atoms with Crippen LogP contribution in [0, 0.1) is 0 Å². The van der Waals surface area contributed by atoms with E-state index in [-0.39, 0.29) is 0 Å². The summed E-state index contributed by atoms with van der Waals surface area (Å²) < 4.78 is 0. The number of hydrogen-bond donors (Lipinski definition) is 3. The van der Waals surface area contributed by atoms with Gasteiger partial charge in [0.1, 0.15) is 6.29 Å². The van der Waals surface area contributed by atoms with Crippen molar-refractivity contribution >= 4 is 41.0 Å². The lowest BCUT2D eigenvalue weighted by molar-refractivity contribution is -0.105. The van der Waals surface area contributed by atoms with Crippen molar-refractivity contribution in [1.82, 2.24) is 4.98 Å². The average Bonchev–Trinajstić information content (AvgIpc) is 3.08. The first-order chi connectivity index (χ1) is 12.3. The molecule has 0 fully saturated rings. The van der Waals surface area contributed by atoms with Crippen LogP contribution >= 0.6 is 0 Å². The molecular weight excluding hydrogens is 314 g/mol. The Hall–Kier alpha value is -3.60. The number of carbonyl (C=O) groups is 2. The van der Waals surface area contributed by atoms with Crippen molar-refractivity contribution in [2.24, 2.45) is 0 Å². The highest BCUT2D eigenvalue weighted by atomic mass is 16.1. The zero-order valence-electron chi connectivity index (χ0n) is 13.5. The standard InChI is InChI=1S/C20H17N3O2/c1-2-15-12-18-17(8-9-19(22-13-25)20(18)23-15)14-4-6-16(7-5-14)21-10-3-11-24/h2-13,21,23H,1H2,(H,22,25). The molecule has 5 nitrogen and oxygen atoms in total. The number of H-pyrrole nitrogens is 1. The number of benzene rings is 2. The lowest BCUT2D eigenvalue weighted by atomic mass is 10.0. The zero-order valence-corrected chi connectivity index (χ0v) is 13.5. The average molecular weight is 331 g/mol. The molecule has 0 saturated heterocycles. The summed E-state index contributed by atoms with van der Waals surface area (Å²) in [6.07, 6.45) is 6.10. The molecule has 1 amide bonds. The number of nitrogens with one attached hydrogen (secondary N) is 3. The van der Waals surface area contributed by atoms with Gasteiger partial charge in [-0.3, -0.25) is 9.59 Å². The molecule has 25 heavy (non-hydrogen) atoms. The molecule has 3 rings (SSSR count). The molecular formula is C20H17N3O2. The molecule has 0 aliphatic carbocycles. The maximum absolute atomic E-state index is 10.8. The normalized spacial score (nSPS) is 10.7. The van der Waals surface area contributed by atoms with Crippen LogP contribution in [0.5, 0.6) is 0 Å². The predicted octanol–water partition coefficient (Wildman–Crippen LogP) is 4.17. The lowest BCUT2D eigenvalue weighted by Crippen LogP contribution is -1.95. The van der Waals surface area contributed by atoms with Crippen LogP contribution in [0.3, 0.4) is 0 Å². The molecule has 5 heteroatoms. The van der Waals surface area contributed by atoms with Crippen molar-refractivity contribution in [3.63, 3.8) is 0 Å². The first kappa shape index (κ1) is 16.3. The van der Waals surface area contributed by atoms with E-state index in [1.54, 1.807) is 12.3 Å². The second-order valence-electron chi connectivity index (χ2n) is 5.36. The van der Waals surface area contributed by atoms with Gasteiger partial charge in [-0.25, -0.2) is 0 Å². The van der Waals surface area contributed by atoms with Crippen LogP contribution in [-0.4, -0.2) is 17.7 Å². The first-order valence-corrected chi connectivity index (χ1v) is 7.72. The Kier molecular flexibility index (Phi) is 4.76. The molecule has 124 valence electrons. The summed E-state index contributed by atoms with van der Waals surface area (Å²) in [7, 11) is 0. The number of aromatic amines is 1. The number of amides is 1. The zero-order chi connectivity index (χ0) is 17.6. The second kappa shape index (κ2) is 7.31. The van der Waals surface area contributed by atoms with Crippen LogP contribution in [0.4, 0.5) is 11.4 Å². The fraction of sp³-hybridized carbons (Fsp3) is 0. The van der Waals surface area contributed by atoms with Crippen molar-refractivity contribution in [1.29, 1.82) is 0 Å². The van der Waals surface area contributed by atoms with Crippen LogP contribution in [0.15, 0.2) is 61.3 Å². The van der Waals surface area contributed by atoms with E-state index >= 15 is 0 Å². The Balaban J connectivity index is 2.03. The minimum Gasteiger partial charge on any atom is -0.362 e. The third-order valence-corrected chi connectivity index (χ3v) is 3.87. The summed E-state index contributed by atoms with van der Waals surface area (Å²) in [6.45, 7) is 3.79. The van der Waals surface area contributed by atoms with E-state index in [1.165, 1.54) is 6.08 Å². The van der Waals surface area contributed by atoms with Gasteiger partial charge in [0.2, 0.25) is 6.41 Å². The lowest BCUT2D eigenvalue weighted by Gasteiger charge is -2.08. The van der Waals surface area contributed by atoms with Gasteiger partial charge in [0, 0.05) is 23.0 Å². The van der Waals surface area contributed by atoms with Gasteiger partial charge in [0.15, 0.2) is 0 Å². The highest BCUT2D eigenvalue weighted by molar-refractivity contribution is 6.04. The number of hydrogen-bond acceptors (Lipinski definition) is 3. The van der Waals surface area contributed by atoms with Crippen LogP contribution in [0.1, 0.15) is 5.69 Å². The van der Waals surface area contributed by atoms with E-state index in [1.807, 2.05) is 42.5 Å². The Bertz CT molecular complexity index is 953. The maximum Gasteiger partial charge on any atom is 0.211 e. The summed E-state index contributed by atoms with van der Waals surface area (Å²) in [4.78, 5) is 24.4. The molecule has 0 saturated carbocycles. The summed E-state index contributed by atoms with van der Waals surface area (Å²) in [5, 5.41) is 6.74. The van der Waals surface area contributed by atoms with Crippen molar-refractivity contribution in [3.8, 4) is 11.1 Å². The van der Waals surface area contributed by atoms with Gasteiger partial charge >= 0.3 is 0 Å². The molecule has 0 unspecified atom stereocenters. The first-order valence-electron chi connectivity index (χ1n) is 7.72. The Morgan fingerprint density at radius 3 is 2.48 bits per heavy atom. The van der Waals surface area contributed by atoms with E-state index in [0.717, 1.165) is 45.4 Å². The van der Waals surface area contributed by atoms with E-state index in [4.69, 9.17) is 0 Å². The van der Waals surface area contributed by atoms with Crippen molar-refractivity contribution < 1.29 is 9.59 Å². The number of allylic oxidation sites excluding steroid dienone is 1. The highest BCUT2D eigenvalue weighted by Gasteiger charge is 2.10. The molecule has 0 bridgehead atoms. The van der Waals surface area contributed by atoms with E-state index in [0.29, 0.717) is 6.41 Å². The molecule has 1 heterocycles. The van der Waals surface area contributed by atoms with E-state index < -0.39 is 0 Å². The number of carbonyl (C=O) groups excluding carboxylic acids is 2. The fourth-order valence-corrected chi connectivity index (χ4v) is 2.72. The molecule has 0 atom stereocenters. The number of aldehydes is 1. The van der Waals surface area contributed by atoms with Crippen LogP contribution in [0.2, 0.25) is 0 Å². The topological polar surface area (TPSA) is 74.0 Å². The fourth-order valence-electron chi connectivity index (χ4n) is 2.72. The van der Waals surface area contributed by atoms with Crippen LogP contribution in [-0.2, 0) is 9.59 Å². The molecule has 1 aromatic heterocycles. The molecule has 3 aromatic rings. The molecule has 2 aromatic carbocycles.